The molecule has 1 amide bonds. The molecule has 0 saturated heterocycles. The second-order valence-corrected chi connectivity index (χ2v) is 6.04. The first kappa shape index (κ1) is 16.7. The van der Waals surface area contributed by atoms with Crippen molar-refractivity contribution in [1.29, 1.82) is 0 Å². The van der Waals surface area contributed by atoms with Gasteiger partial charge in [-0.1, -0.05) is 30.3 Å². The number of carbonyl (C=O) groups excluding carboxylic acids is 1. The van der Waals surface area contributed by atoms with Crippen molar-refractivity contribution < 1.29 is 19.1 Å². The molecular weight excluding hydrogens is 323 g/mol. The summed E-state index contributed by atoms with van der Waals surface area (Å²) in [6.45, 7) is 1.38. The Balaban J connectivity index is 1.99. The third-order valence-electron chi connectivity index (χ3n) is 4.40. The Kier molecular flexibility index (Phi) is 4.04. The van der Waals surface area contributed by atoms with Gasteiger partial charge in [0.25, 0.3) is 5.91 Å². The van der Waals surface area contributed by atoms with Crippen LogP contribution >= 0.6 is 0 Å². The number of carboxylic acids is 1. The maximum Gasteiger partial charge on any atom is 0.333 e. The monoisotopic (exact) mass is 340 g/mol. The number of nitrogens with one attached hydrogen (secondary N) is 1. The molecule has 0 saturated carbocycles. The Morgan fingerprint density at radius 2 is 1.76 bits per heavy atom. The van der Waals surface area contributed by atoms with Gasteiger partial charge in [0.1, 0.15) is 11.5 Å². The predicted molar refractivity (Wildman–Crippen MR) is 91.8 cm³/mol. The van der Waals surface area contributed by atoms with Gasteiger partial charge in [-0.05, 0) is 36.8 Å². The molecule has 1 aromatic heterocycles. The van der Waals surface area contributed by atoms with Gasteiger partial charge in [0.2, 0.25) is 0 Å². The number of rotatable bonds is 4. The molecule has 0 aliphatic rings. The maximum absolute atomic E-state index is 13.1. The third-order valence-corrected chi connectivity index (χ3v) is 4.40. The molecule has 2 aromatic carbocycles. The highest BCUT2D eigenvalue weighted by Gasteiger charge is 2.37. The summed E-state index contributed by atoms with van der Waals surface area (Å²) >= 11 is 0. The van der Waals surface area contributed by atoms with Gasteiger partial charge in [-0.2, -0.15) is 0 Å². The van der Waals surface area contributed by atoms with Crippen LogP contribution in [0.15, 0.2) is 54.6 Å². The first-order valence-corrected chi connectivity index (χ1v) is 7.69. The topological polar surface area (TPSA) is 71.3 Å². The second kappa shape index (κ2) is 6.05. The van der Waals surface area contributed by atoms with Crippen molar-refractivity contribution in [2.45, 2.75) is 12.5 Å². The quantitative estimate of drug-likeness (QED) is 0.767. The molecule has 0 aliphatic heterocycles. The van der Waals surface area contributed by atoms with Crippen molar-refractivity contribution in [3.05, 3.63) is 71.7 Å². The van der Waals surface area contributed by atoms with E-state index in [1.54, 1.807) is 17.7 Å². The Morgan fingerprint density at radius 3 is 2.36 bits per heavy atom. The van der Waals surface area contributed by atoms with Gasteiger partial charge in [0.05, 0.1) is 0 Å². The van der Waals surface area contributed by atoms with Crippen molar-refractivity contribution in [3.8, 4) is 0 Å². The molecular formula is C19H17FN2O3. The van der Waals surface area contributed by atoms with Crippen LogP contribution in [0.3, 0.4) is 0 Å². The highest BCUT2D eigenvalue weighted by atomic mass is 19.1. The summed E-state index contributed by atoms with van der Waals surface area (Å²) in [6.07, 6.45) is 0. The number of nitrogens with zero attached hydrogens (tertiary/aromatic N) is 1. The van der Waals surface area contributed by atoms with E-state index >= 15 is 0 Å². The number of para-hydroxylation sites is 1. The number of aromatic nitrogens is 1. The van der Waals surface area contributed by atoms with E-state index in [0.717, 1.165) is 10.9 Å². The highest BCUT2D eigenvalue weighted by molar-refractivity contribution is 6.01. The van der Waals surface area contributed by atoms with Gasteiger partial charge < -0.3 is 15.0 Å². The standard InChI is InChI=1S/C19H17FN2O3/c1-19(18(24)25,13-7-9-14(20)10-8-13)21-17(23)16-11-12-5-3-4-6-15(12)22(16)2/h3-11H,1-2H3,(H,21,23)(H,24,25). The molecule has 25 heavy (non-hydrogen) atoms. The van der Waals surface area contributed by atoms with E-state index in [9.17, 15) is 19.1 Å². The number of aryl methyl sites for hydroxylation is 1. The van der Waals surface area contributed by atoms with Gasteiger partial charge in [0, 0.05) is 18.0 Å². The van der Waals surface area contributed by atoms with E-state index in [2.05, 4.69) is 5.32 Å². The van der Waals surface area contributed by atoms with E-state index in [0.29, 0.717) is 5.69 Å². The molecule has 1 atom stereocenters. The van der Waals surface area contributed by atoms with E-state index in [1.165, 1.54) is 31.2 Å². The second-order valence-electron chi connectivity index (χ2n) is 6.04. The van der Waals surface area contributed by atoms with Gasteiger partial charge in [-0.25, -0.2) is 9.18 Å². The van der Waals surface area contributed by atoms with Gasteiger partial charge >= 0.3 is 5.97 Å². The zero-order valence-corrected chi connectivity index (χ0v) is 13.8. The number of carbonyl (C=O) groups is 2. The summed E-state index contributed by atoms with van der Waals surface area (Å²) in [5, 5.41) is 13.1. The number of hydrogen-bond acceptors (Lipinski definition) is 2. The molecule has 1 unspecified atom stereocenters. The summed E-state index contributed by atoms with van der Waals surface area (Å²) in [5.74, 6) is -2.23. The van der Waals surface area contributed by atoms with Crippen LogP contribution < -0.4 is 5.32 Å². The minimum atomic E-state index is -1.68. The predicted octanol–water partition coefficient (Wildman–Crippen LogP) is 3.05. The Morgan fingerprint density at radius 1 is 1.12 bits per heavy atom. The normalized spacial score (nSPS) is 13.4. The molecule has 3 aromatic rings. The lowest BCUT2D eigenvalue weighted by Gasteiger charge is -2.27. The average Bonchev–Trinajstić information content (AvgIpc) is 2.92. The molecule has 2 N–H and O–H groups in total. The fourth-order valence-corrected chi connectivity index (χ4v) is 2.83. The number of amides is 1. The molecule has 5 nitrogen and oxygen atoms in total. The van der Waals surface area contributed by atoms with Gasteiger partial charge in [0.15, 0.2) is 5.54 Å². The average molecular weight is 340 g/mol. The first-order chi connectivity index (χ1) is 11.8. The molecule has 128 valence electrons. The largest absolute Gasteiger partial charge is 0.479 e. The van der Waals surface area contributed by atoms with Crippen LogP contribution in [0.2, 0.25) is 0 Å². The van der Waals surface area contributed by atoms with Crippen molar-refractivity contribution >= 4 is 22.8 Å². The van der Waals surface area contributed by atoms with E-state index in [1.807, 2.05) is 24.3 Å². The third kappa shape index (κ3) is 2.87. The molecule has 0 aliphatic carbocycles. The van der Waals surface area contributed by atoms with Crippen molar-refractivity contribution in [2.24, 2.45) is 7.05 Å². The lowest BCUT2D eigenvalue weighted by molar-refractivity contribution is -0.144. The number of benzene rings is 2. The number of fused-ring (bicyclic) bond motifs is 1. The molecule has 0 spiro atoms. The minimum absolute atomic E-state index is 0.286. The summed E-state index contributed by atoms with van der Waals surface area (Å²) in [5.41, 5.74) is -0.183. The lowest BCUT2D eigenvalue weighted by Crippen LogP contribution is -2.49. The van der Waals surface area contributed by atoms with Crippen LogP contribution in [0.5, 0.6) is 0 Å². The van der Waals surface area contributed by atoms with Crippen molar-refractivity contribution in [1.82, 2.24) is 9.88 Å². The van der Waals surface area contributed by atoms with E-state index in [4.69, 9.17) is 0 Å². The fraction of sp³-hybridized carbons (Fsp3) is 0.158. The minimum Gasteiger partial charge on any atom is -0.479 e. The van der Waals surface area contributed by atoms with E-state index in [-0.39, 0.29) is 5.56 Å². The maximum atomic E-state index is 13.1. The van der Waals surface area contributed by atoms with Crippen LogP contribution in [0, 0.1) is 5.82 Å². The van der Waals surface area contributed by atoms with Crippen LogP contribution in [-0.4, -0.2) is 21.6 Å². The van der Waals surface area contributed by atoms with Crippen LogP contribution in [0.25, 0.3) is 10.9 Å². The van der Waals surface area contributed by atoms with E-state index < -0.39 is 23.2 Å². The highest BCUT2D eigenvalue weighted by Crippen LogP contribution is 2.24. The number of halogens is 1. The van der Waals surface area contributed by atoms with Gasteiger partial charge in [-0.3, -0.25) is 4.79 Å². The number of carboxylic acid groups (broad SMARTS) is 1. The Labute approximate surface area is 143 Å². The van der Waals surface area contributed by atoms with Crippen molar-refractivity contribution in [2.75, 3.05) is 0 Å². The Bertz CT molecular complexity index is 962. The number of aliphatic carboxylic acids is 1. The van der Waals surface area contributed by atoms with Crippen LogP contribution in [0.4, 0.5) is 4.39 Å². The summed E-state index contributed by atoms with van der Waals surface area (Å²) < 4.78 is 14.8. The summed E-state index contributed by atoms with van der Waals surface area (Å²) in [7, 11) is 1.74. The summed E-state index contributed by atoms with van der Waals surface area (Å²) in [6, 6.07) is 14.2. The van der Waals surface area contributed by atoms with Crippen LogP contribution in [0.1, 0.15) is 23.0 Å². The zero-order valence-electron chi connectivity index (χ0n) is 13.8. The van der Waals surface area contributed by atoms with Gasteiger partial charge in [-0.15, -0.1) is 0 Å². The smallest absolute Gasteiger partial charge is 0.333 e. The van der Waals surface area contributed by atoms with Crippen molar-refractivity contribution in [3.63, 3.8) is 0 Å². The number of hydrogen-bond donors (Lipinski definition) is 2. The molecule has 0 fully saturated rings. The molecule has 3 rings (SSSR count). The first-order valence-electron chi connectivity index (χ1n) is 7.69. The van der Waals surface area contributed by atoms with Crippen LogP contribution in [-0.2, 0) is 17.4 Å². The summed E-state index contributed by atoms with van der Waals surface area (Å²) in [4.78, 5) is 24.5. The SMILES string of the molecule is Cn1c(C(=O)NC(C)(C(=O)O)c2ccc(F)cc2)cc2ccccc21. The fourth-order valence-electron chi connectivity index (χ4n) is 2.83. The lowest BCUT2D eigenvalue weighted by atomic mass is 9.92. The molecule has 0 bridgehead atoms. The molecule has 6 heteroatoms. The zero-order chi connectivity index (χ0) is 18.2. The Hall–Kier alpha value is -3.15. The molecule has 1 heterocycles. The molecule has 0 radical (unpaired) electrons.